The van der Waals surface area contributed by atoms with E-state index in [1.54, 1.807) is 32.9 Å². The highest BCUT2D eigenvalue weighted by molar-refractivity contribution is 6.30. The molecular weight excluding hydrogens is 406 g/mol. The monoisotopic (exact) mass is 429 g/mol. The lowest BCUT2D eigenvalue weighted by Gasteiger charge is -2.37. The Kier molecular flexibility index (Phi) is 7.37. The van der Waals surface area contributed by atoms with Crippen LogP contribution in [0.5, 0.6) is 0 Å². The molecule has 0 aliphatic carbocycles. The number of nitro groups is 2. The predicted molar refractivity (Wildman–Crippen MR) is 104 cm³/mol. The topological polar surface area (TPSA) is 125 Å². The lowest BCUT2D eigenvalue weighted by molar-refractivity contribution is -0.516. The molecule has 1 aliphatic rings. The summed E-state index contributed by atoms with van der Waals surface area (Å²) >= 11 is 6.20. The average molecular weight is 430 g/mol. The second kappa shape index (κ2) is 9.36. The van der Waals surface area contributed by atoms with Crippen LogP contribution in [0.2, 0.25) is 5.02 Å². The van der Waals surface area contributed by atoms with Crippen molar-refractivity contribution in [3.63, 3.8) is 0 Å². The van der Waals surface area contributed by atoms with Gasteiger partial charge in [0, 0.05) is 21.4 Å². The molecule has 1 aliphatic heterocycles. The van der Waals surface area contributed by atoms with Crippen molar-refractivity contribution >= 4 is 17.7 Å². The predicted octanol–water partition coefficient (Wildman–Crippen LogP) is 3.29. The minimum atomic E-state index is -0.947. The van der Waals surface area contributed by atoms with Crippen molar-refractivity contribution in [2.45, 2.75) is 38.3 Å². The summed E-state index contributed by atoms with van der Waals surface area (Å²) in [5.41, 5.74) is 0.271. The van der Waals surface area contributed by atoms with Crippen LogP contribution in [0.1, 0.15) is 43.9 Å². The van der Waals surface area contributed by atoms with Crippen molar-refractivity contribution in [3.05, 3.63) is 54.6 Å². The van der Waals surface area contributed by atoms with Gasteiger partial charge in [-0.1, -0.05) is 17.7 Å². The van der Waals surface area contributed by atoms with Gasteiger partial charge in [-0.25, -0.2) is 4.79 Å². The molecule has 11 heteroatoms. The van der Waals surface area contributed by atoms with E-state index in [1.807, 2.05) is 0 Å². The molecule has 1 aromatic carbocycles. The van der Waals surface area contributed by atoms with Crippen molar-refractivity contribution in [3.8, 4) is 0 Å². The Labute approximate surface area is 173 Å². The molecule has 10 nitrogen and oxygen atoms in total. The Hall–Kier alpha value is -2.46. The fourth-order valence-electron chi connectivity index (χ4n) is 3.11. The largest absolute Gasteiger partial charge is 0.444 e. The van der Waals surface area contributed by atoms with Gasteiger partial charge >= 0.3 is 6.09 Å². The van der Waals surface area contributed by atoms with Gasteiger partial charge in [0.15, 0.2) is 0 Å². The number of nitrogens with zero attached hydrogens (tertiary/aromatic N) is 3. The van der Waals surface area contributed by atoms with Crippen molar-refractivity contribution in [2.75, 3.05) is 32.8 Å². The third-order valence-electron chi connectivity index (χ3n) is 4.29. The Morgan fingerprint density at radius 2 is 1.90 bits per heavy atom. The highest BCUT2D eigenvalue weighted by Crippen LogP contribution is 2.31. The summed E-state index contributed by atoms with van der Waals surface area (Å²) in [4.78, 5) is 34.9. The number of carbonyl (C=O) groups is 1. The summed E-state index contributed by atoms with van der Waals surface area (Å²) in [6.07, 6.45) is -0.514. The third kappa shape index (κ3) is 6.82. The van der Waals surface area contributed by atoms with Crippen molar-refractivity contribution in [2.24, 2.45) is 0 Å². The number of hydrogen-bond donors (Lipinski definition) is 0. The second-order valence-corrected chi connectivity index (χ2v) is 8.25. The Morgan fingerprint density at radius 3 is 2.45 bits per heavy atom. The fourth-order valence-corrected chi connectivity index (χ4v) is 3.36. The first-order valence-electron chi connectivity index (χ1n) is 9.07. The molecule has 0 unspecified atom stereocenters. The molecule has 1 fully saturated rings. The summed E-state index contributed by atoms with van der Waals surface area (Å²) in [7, 11) is 0. The van der Waals surface area contributed by atoms with Crippen molar-refractivity contribution < 1.29 is 24.1 Å². The van der Waals surface area contributed by atoms with Crippen LogP contribution in [0.15, 0.2) is 18.2 Å². The summed E-state index contributed by atoms with van der Waals surface area (Å²) in [6.45, 7) is 4.92. The van der Waals surface area contributed by atoms with Crippen LogP contribution in [0.3, 0.4) is 0 Å². The van der Waals surface area contributed by atoms with E-state index in [4.69, 9.17) is 21.1 Å². The smallest absolute Gasteiger partial charge is 0.410 e. The molecule has 0 radical (unpaired) electrons. The molecule has 1 saturated heterocycles. The SMILES string of the molecule is CC(C)(C)OC(=O)N1CCOC[C@H]1c1cc(Cl)cc(C(C[N+](=O)[O-])C[N+](=O)[O-])c1. The zero-order chi connectivity index (χ0) is 21.8. The van der Waals surface area contributed by atoms with Gasteiger partial charge in [0.2, 0.25) is 13.1 Å². The van der Waals surface area contributed by atoms with Crippen LogP contribution in [-0.2, 0) is 9.47 Å². The maximum absolute atomic E-state index is 12.6. The highest BCUT2D eigenvalue weighted by atomic mass is 35.5. The van der Waals surface area contributed by atoms with Gasteiger partial charge in [0.25, 0.3) is 0 Å². The number of rotatable bonds is 6. The summed E-state index contributed by atoms with van der Waals surface area (Å²) in [6, 6.07) is 4.18. The van der Waals surface area contributed by atoms with E-state index >= 15 is 0 Å². The molecule has 1 heterocycles. The molecule has 1 atom stereocenters. The fraction of sp³-hybridized carbons (Fsp3) is 0.611. The van der Waals surface area contributed by atoms with E-state index in [-0.39, 0.29) is 11.6 Å². The van der Waals surface area contributed by atoms with Gasteiger partial charge in [-0.2, -0.15) is 0 Å². The number of morpholine rings is 1. The normalized spacial score (nSPS) is 17.3. The molecule has 0 aromatic heterocycles. The number of benzene rings is 1. The van der Waals surface area contributed by atoms with E-state index in [0.717, 1.165) is 0 Å². The molecule has 1 aromatic rings. The third-order valence-corrected chi connectivity index (χ3v) is 4.51. The molecule has 0 spiro atoms. The van der Waals surface area contributed by atoms with E-state index in [0.29, 0.717) is 24.3 Å². The summed E-state index contributed by atoms with van der Waals surface area (Å²) in [5.74, 6) is -0.947. The Balaban J connectivity index is 2.37. The van der Waals surface area contributed by atoms with Crippen LogP contribution in [0.4, 0.5) is 4.79 Å². The number of amides is 1. The molecule has 0 saturated carbocycles. The minimum absolute atomic E-state index is 0.189. The van der Waals surface area contributed by atoms with Crippen LogP contribution in [-0.4, -0.2) is 59.3 Å². The quantitative estimate of drug-likeness (QED) is 0.501. The summed E-state index contributed by atoms with van der Waals surface area (Å²) in [5, 5.41) is 22.2. The lowest BCUT2D eigenvalue weighted by Crippen LogP contribution is -2.45. The van der Waals surface area contributed by atoms with Crippen LogP contribution in [0, 0.1) is 20.2 Å². The molecule has 160 valence electrons. The number of ether oxygens (including phenoxy) is 2. The average Bonchev–Trinajstić information content (AvgIpc) is 2.58. The molecule has 1 amide bonds. The minimum Gasteiger partial charge on any atom is -0.444 e. The molecule has 0 N–H and O–H groups in total. The van der Waals surface area contributed by atoms with E-state index in [2.05, 4.69) is 0 Å². The molecular formula is C18H24ClN3O7. The Bertz CT molecular complexity index is 765. The maximum atomic E-state index is 12.6. The highest BCUT2D eigenvalue weighted by Gasteiger charge is 2.33. The summed E-state index contributed by atoms with van der Waals surface area (Å²) < 4.78 is 11.0. The van der Waals surface area contributed by atoms with Gasteiger partial charge in [-0.05, 0) is 44.0 Å². The number of halogens is 1. The number of hydrogen-bond acceptors (Lipinski definition) is 7. The van der Waals surface area contributed by atoms with Crippen LogP contribution in [0.25, 0.3) is 0 Å². The van der Waals surface area contributed by atoms with Gasteiger partial charge in [0.05, 0.1) is 19.3 Å². The molecule has 0 bridgehead atoms. The van der Waals surface area contributed by atoms with E-state index in [1.165, 1.54) is 11.0 Å². The maximum Gasteiger partial charge on any atom is 0.410 e. The van der Waals surface area contributed by atoms with E-state index in [9.17, 15) is 25.0 Å². The van der Waals surface area contributed by atoms with Crippen LogP contribution < -0.4 is 0 Å². The van der Waals surface area contributed by atoms with Crippen molar-refractivity contribution in [1.82, 2.24) is 4.90 Å². The van der Waals surface area contributed by atoms with Crippen molar-refractivity contribution in [1.29, 1.82) is 0 Å². The first-order chi connectivity index (χ1) is 13.5. The molecule has 29 heavy (non-hydrogen) atoms. The van der Waals surface area contributed by atoms with Gasteiger partial charge < -0.3 is 9.47 Å². The zero-order valence-corrected chi connectivity index (χ0v) is 17.3. The zero-order valence-electron chi connectivity index (χ0n) is 16.5. The van der Waals surface area contributed by atoms with Crippen LogP contribution >= 0.6 is 11.6 Å². The Morgan fingerprint density at radius 1 is 1.28 bits per heavy atom. The van der Waals surface area contributed by atoms with Gasteiger partial charge in [0.1, 0.15) is 11.5 Å². The lowest BCUT2D eigenvalue weighted by atomic mass is 9.94. The van der Waals surface area contributed by atoms with E-state index < -0.39 is 46.6 Å². The first-order valence-corrected chi connectivity index (χ1v) is 9.45. The second-order valence-electron chi connectivity index (χ2n) is 7.81. The first kappa shape index (κ1) is 22.8. The molecule has 2 rings (SSSR count). The van der Waals surface area contributed by atoms with Gasteiger partial charge in [-0.3, -0.25) is 25.1 Å². The van der Waals surface area contributed by atoms with Gasteiger partial charge in [-0.15, -0.1) is 0 Å². The standard InChI is InChI=1S/C18H24ClN3O7/c1-18(2,3)29-17(23)20-4-5-28-11-16(20)13-6-12(7-15(19)8-13)14(9-21(24)25)10-22(26)27/h6-8,14,16H,4-5,9-11H2,1-3H3/t16-/m0/s1. The number of carbonyl (C=O) groups excluding carboxylic acids is 1.